The summed E-state index contributed by atoms with van der Waals surface area (Å²) < 4.78 is 24.5. The molecule has 6 nitrogen and oxygen atoms in total. The molecule has 1 N–H and O–H groups in total. The molecule has 8 heteroatoms. The standard InChI is InChI=1S/C17H15FN4O2S/c18-13-7-11(15-12(8-13)9-23-10-24-15)4-6-20-17-22-21-16(25-17)14-3-1-2-5-19-14/h1-3,5,7-8H,4,6,9-10H2,(H,20,22). The second-order valence-corrected chi connectivity index (χ2v) is 6.45. The number of halogens is 1. The number of rotatable bonds is 5. The Morgan fingerprint density at radius 3 is 3.08 bits per heavy atom. The van der Waals surface area contributed by atoms with E-state index in [0.29, 0.717) is 24.7 Å². The van der Waals surface area contributed by atoms with E-state index in [2.05, 4.69) is 20.5 Å². The number of benzene rings is 1. The summed E-state index contributed by atoms with van der Waals surface area (Å²) in [7, 11) is 0. The van der Waals surface area contributed by atoms with Crippen molar-refractivity contribution >= 4 is 16.5 Å². The molecular weight excluding hydrogens is 343 g/mol. The highest BCUT2D eigenvalue weighted by atomic mass is 32.1. The van der Waals surface area contributed by atoms with Crippen molar-refractivity contribution in [1.82, 2.24) is 15.2 Å². The van der Waals surface area contributed by atoms with Gasteiger partial charge in [0.2, 0.25) is 5.13 Å². The minimum absolute atomic E-state index is 0.197. The summed E-state index contributed by atoms with van der Waals surface area (Å²) in [4.78, 5) is 4.26. The molecular formula is C17H15FN4O2S. The van der Waals surface area contributed by atoms with Gasteiger partial charge >= 0.3 is 0 Å². The quantitative estimate of drug-likeness (QED) is 0.755. The molecule has 0 aliphatic carbocycles. The minimum atomic E-state index is -0.281. The summed E-state index contributed by atoms with van der Waals surface area (Å²) >= 11 is 1.43. The van der Waals surface area contributed by atoms with Crippen molar-refractivity contribution in [1.29, 1.82) is 0 Å². The van der Waals surface area contributed by atoms with Gasteiger partial charge < -0.3 is 14.8 Å². The first-order valence-electron chi connectivity index (χ1n) is 7.80. The van der Waals surface area contributed by atoms with E-state index in [-0.39, 0.29) is 12.6 Å². The lowest BCUT2D eigenvalue weighted by molar-refractivity contribution is -0.0172. The average molecular weight is 358 g/mol. The third kappa shape index (κ3) is 3.59. The molecule has 1 aliphatic rings. The van der Waals surface area contributed by atoms with Crippen molar-refractivity contribution in [3.05, 3.63) is 53.5 Å². The van der Waals surface area contributed by atoms with Crippen molar-refractivity contribution in [3.8, 4) is 16.5 Å². The summed E-state index contributed by atoms with van der Waals surface area (Å²) in [5.41, 5.74) is 2.36. The molecule has 0 atom stereocenters. The highest BCUT2D eigenvalue weighted by molar-refractivity contribution is 7.18. The SMILES string of the molecule is Fc1cc(CCNc2nnc(-c3ccccn3)s2)c2c(c1)COCO2. The molecule has 128 valence electrons. The second kappa shape index (κ2) is 7.12. The van der Waals surface area contributed by atoms with Crippen LogP contribution in [0.4, 0.5) is 9.52 Å². The van der Waals surface area contributed by atoms with Crippen LogP contribution in [-0.2, 0) is 17.8 Å². The number of nitrogens with zero attached hydrogens (tertiary/aromatic N) is 3. The molecule has 3 heterocycles. The monoisotopic (exact) mass is 358 g/mol. The third-order valence-electron chi connectivity index (χ3n) is 3.73. The summed E-state index contributed by atoms with van der Waals surface area (Å²) in [6, 6.07) is 8.62. The topological polar surface area (TPSA) is 69.2 Å². The molecule has 1 aliphatic heterocycles. The summed E-state index contributed by atoms with van der Waals surface area (Å²) in [5.74, 6) is 0.442. The van der Waals surface area contributed by atoms with Crippen molar-refractivity contribution in [3.63, 3.8) is 0 Å². The van der Waals surface area contributed by atoms with Gasteiger partial charge in [-0.05, 0) is 36.2 Å². The largest absolute Gasteiger partial charge is 0.467 e. The first kappa shape index (κ1) is 15.9. The van der Waals surface area contributed by atoms with Gasteiger partial charge in [-0.3, -0.25) is 4.98 Å². The second-order valence-electron chi connectivity index (χ2n) is 5.47. The number of anilines is 1. The van der Waals surface area contributed by atoms with Gasteiger partial charge in [-0.25, -0.2) is 4.39 Å². The van der Waals surface area contributed by atoms with Gasteiger partial charge in [-0.2, -0.15) is 0 Å². The molecule has 0 amide bonds. The third-order valence-corrected chi connectivity index (χ3v) is 4.63. The normalized spacial score (nSPS) is 13.2. The van der Waals surface area contributed by atoms with Gasteiger partial charge in [-0.15, -0.1) is 10.2 Å². The van der Waals surface area contributed by atoms with Crippen molar-refractivity contribution < 1.29 is 13.9 Å². The number of ether oxygens (including phenoxy) is 2. The lowest BCUT2D eigenvalue weighted by Crippen LogP contribution is -2.15. The molecule has 2 aromatic heterocycles. The van der Waals surface area contributed by atoms with Gasteiger partial charge in [0.15, 0.2) is 11.8 Å². The van der Waals surface area contributed by atoms with Crippen molar-refractivity contribution in [2.75, 3.05) is 18.7 Å². The Morgan fingerprint density at radius 2 is 2.20 bits per heavy atom. The minimum Gasteiger partial charge on any atom is -0.467 e. The first-order valence-corrected chi connectivity index (χ1v) is 8.62. The van der Waals surface area contributed by atoms with Crippen LogP contribution in [0.2, 0.25) is 0 Å². The molecule has 0 saturated heterocycles. The van der Waals surface area contributed by atoms with E-state index in [0.717, 1.165) is 27.6 Å². The molecule has 3 aromatic rings. The zero-order chi connectivity index (χ0) is 17.1. The van der Waals surface area contributed by atoms with E-state index in [1.165, 1.54) is 23.5 Å². The lowest BCUT2D eigenvalue weighted by Gasteiger charge is -2.20. The Bertz CT molecular complexity index is 872. The van der Waals surface area contributed by atoms with Crippen LogP contribution in [0.15, 0.2) is 36.5 Å². The maximum Gasteiger partial charge on any atom is 0.206 e. The van der Waals surface area contributed by atoms with Crippen molar-refractivity contribution in [2.45, 2.75) is 13.0 Å². The Balaban J connectivity index is 1.42. The van der Waals surface area contributed by atoms with E-state index in [9.17, 15) is 4.39 Å². The number of hydrogen-bond donors (Lipinski definition) is 1. The Labute approximate surface area is 147 Å². The van der Waals surface area contributed by atoms with Crippen LogP contribution >= 0.6 is 11.3 Å². The Kier molecular flexibility index (Phi) is 4.53. The molecule has 25 heavy (non-hydrogen) atoms. The van der Waals surface area contributed by atoms with Gasteiger partial charge in [-0.1, -0.05) is 17.4 Å². The van der Waals surface area contributed by atoms with Crippen LogP contribution in [0.3, 0.4) is 0 Å². The van der Waals surface area contributed by atoms with Crippen LogP contribution < -0.4 is 10.1 Å². The predicted molar refractivity (Wildman–Crippen MR) is 92.0 cm³/mol. The maximum absolute atomic E-state index is 13.7. The zero-order valence-electron chi connectivity index (χ0n) is 13.2. The average Bonchev–Trinajstić information content (AvgIpc) is 3.11. The van der Waals surface area contributed by atoms with E-state index >= 15 is 0 Å². The van der Waals surface area contributed by atoms with Gasteiger partial charge in [0.25, 0.3) is 0 Å². The highest BCUT2D eigenvalue weighted by Crippen LogP contribution is 2.30. The molecule has 0 saturated carbocycles. The number of pyridine rings is 1. The first-order chi connectivity index (χ1) is 12.3. The maximum atomic E-state index is 13.7. The van der Waals surface area contributed by atoms with Crippen LogP contribution in [0, 0.1) is 5.82 Å². The van der Waals surface area contributed by atoms with Crippen LogP contribution in [0.25, 0.3) is 10.7 Å². The molecule has 0 fully saturated rings. The number of nitrogens with one attached hydrogen (secondary N) is 1. The fourth-order valence-corrected chi connectivity index (χ4v) is 3.38. The smallest absolute Gasteiger partial charge is 0.206 e. The van der Waals surface area contributed by atoms with E-state index in [1.807, 2.05) is 18.2 Å². The highest BCUT2D eigenvalue weighted by Gasteiger charge is 2.17. The molecule has 1 aromatic carbocycles. The van der Waals surface area contributed by atoms with Gasteiger partial charge in [0, 0.05) is 18.3 Å². The van der Waals surface area contributed by atoms with Crippen LogP contribution in [0.5, 0.6) is 5.75 Å². The predicted octanol–water partition coefficient (Wildman–Crippen LogP) is 3.26. The van der Waals surface area contributed by atoms with Crippen molar-refractivity contribution in [2.24, 2.45) is 0 Å². The number of hydrogen-bond acceptors (Lipinski definition) is 7. The van der Waals surface area contributed by atoms with Crippen LogP contribution in [-0.4, -0.2) is 28.5 Å². The fourth-order valence-electron chi connectivity index (χ4n) is 2.63. The summed E-state index contributed by atoms with van der Waals surface area (Å²) in [5, 5.41) is 12.9. The number of fused-ring (bicyclic) bond motifs is 1. The van der Waals surface area contributed by atoms with E-state index in [1.54, 1.807) is 6.20 Å². The number of aromatic nitrogens is 3. The Hall–Kier alpha value is -2.58. The van der Waals surface area contributed by atoms with Crippen LogP contribution in [0.1, 0.15) is 11.1 Å². The van der Waals surface area contributed by atoms with E-state index in [4.69, 9.17) is 9.47 Å². The Morgan fingerprint density at radius 1 is 1.24 bits per heavy atom. The fraction of sp³-hybridized carbons (Fsp3) is 0.235. The van der Waals surface area contributed by atoms with Gasteiger partial charge in [0.05, 0.1) is 6.61 Å². The molecule has 0 unspecified atom stereocenters. The summed E-state index contributed by atoms with van der Waals surface area (Å²) in [6.07, 6.45) is 2.33. The van der Waals surface area contributed by atoms with Gasteiger partial charge in [0.1, 0.15) is 17.3 Å². The summed E-state index contributed by atoms with van der Waals surface area (Å²) in [6.45, 7) is 1.16. The lowest BCUT2D eigenvalue weighted by atomic mass is 10.1. The van der Waals surface area contributed by atoms with E-state index < -0.39 is 0 Å². The molecule has 0 spiro atoms. The molecule has 0 bridgehead atoms. The molecule has 4 rings (SSSR count). The zero-order valence-corrected chi connectivity index (χ0v) is 14.1. The molecule has 0 radical (unpaired) electrons.